The van der Waals surface area contributed by atoms with Gasteiger partial charge >= 0.3 is 6.18 Å². The average molecular weight is 530 g/mol. The van der Waals surface area contributed by atoms with Crippen molar-refractivity contribution in [2.75, 3.05) is 31.1 Å². The van der Waals surface area contributed by atoms with Crippen LogP contribution >= 0.6 is 0 Å². The number of likely N-dealkylation sites (tertiary alicyclic amines) is 1. The SMILES string of the molecule is O=C(c1cnn(C2CCN(c3n[nH]c(CO)n3)CC2)c1C1CC1)N1CC[C@@H](c2ccccc2C(F)(F)F)C1. The number of carbonyl (C=O) groups excluding carboxylic acids is 1. The van der Waals surface area contributed by atoms with E-state index in [1.54, 1.807) is 17.2 Å². The molecule has 1 saturated carbocycles. The third-order valence-electron chi connectivity index (χ3n) is 7.97. The molecule has 38 heavy (non-hydrogen) atoms. The molecule has 3 fully saturated rings. The summed E-state index contributed by atoms with van der Waals surface area (Å²) in [5.41, 5.74) is 1.20. The van der Waals surface area contributed by atoms with Crippen LogP contribution in [0.5, 0.6) is 0 Å². The van der Waals surface area contributed by atoms with Gasteiger partial charge in [-0.05, 0) is 43.7 Å². The van der Waals surface area contributed by atoms with Crippen LogP contribution < -0.4 is 4.90 Å². The molecule has 2 saturated heterocycles. The van der Waals surface area contributed by atoms with Crippen molar-refractivity contribution in [2.45, 2.75) is 62.8 Å². The van der Waals surface area contributed by atoms with E-state index in [-0.39, 0.29) is 36.6 Å². The average Bonchev–Trinajstić information content (AvgIpc) is 3.32. The number of anilines is 1. The first kappa shape index (κ1) is 24.9. The number of H-pyrrole nitrogens is 1. The number of benzene rings is 1. The van der Waals surface area contributed by atoms with Crippen LogP contribution in [0, 0.1) is 0 Å². The minimum Gasteiger partial charge on any atom is -0.388 e. The number of rotatable bonds is 6. The van der Waals surface area contributed by atoms with Crippen molar-refractivity contribution in [3.8, 4) is 0 Å². The second-order valence-corrected chi connectivity index (χ2v) is 10.4. The Bertz CT molecular complexity index is 1310. The van der Waals surface area contributed by atoms with Gasteiger partial charge in [0, 0.05) is 38.0 Å². The minimum absolute atomic E-state index is 0.139. The van der Waals surface area contributed by atoms with E-state index in [9.17, 15) is 23.1 Å². The molecular formula is C26H30F3N7O2. The summed E-state index contributed by atoms with van der Waals surface area (Å²) in [4.78, 5) is 21.7. The van der Waals surface area contributed by atoms with Crippen LogP contribution in [0.1, 0.15) is 83.0 Å². The largest absolute Gasteiger partial charge is 0.416 e. The molecule has 9 nitrogen and oxygen atoms in total. The number of hydrogen-bond acceptors (Lipinski definition) is 6. The van der Waals surface area contributed by atoms with Crippen LogP contribution in [0.3, 0.4) is 0 Å². The number of carbonyl (C=O) groups is 1. The van der Waals surface area contributed by atoms with Crippen molar-refractivity contribution in [3.05, 3.63) is 58.7 Å². The predicted octanol–water partition coefficient (Wildman–Crippen LogP) is 3.86. The maximum atomic E-state index is 13.6. The maximum Gasteiger partial charge on any atom is 0.416 e. The molecule has 2 aliphatic heterocycles. The summed E-state index contributed by atoms with van der Waals surface area (Å²) >= 11 is 0. The third-order valence-corrected chi connectivity index (χ3v) is 7.97. The summed E-state index contributed by atoms with van der Waals surface area (Å²) in [5.74, 6) is 0.808. The zero-order valence-electron chi connectivity index (χ0n) is 20.9. The summed E-state index contributed by atoms with van der Waals surface area (Å²) in [6.07, 6.45) is 1.39. The van der Waals surface area contributed by atoms with Gasteiger partial charge in [0.05, 0.1) is 29.1 Å². The molecule has 12 heteroatoms. The molecule has 0 radical (unpaired) electrons. The van der Waals surface area contributed by atoms with E-state index in [4.69, 9.17) is 0 Å². The van der Waals surface area contributed by atoms with Crippen molar-refractivity contribution in [1.29, 1.82) is 0 Å². The highest BCUT2D eigenvalue weighted by atomic mass is 19.4. The molecule has 6 rings (SSSR count). The van der Waals surface area contributed by atoms with Gasteiger partial charge < -0.3 is 14.9 Å². The first-order valence-electron chi connectivity index (χ1n) is 13.1. The van der Waals surface area contributed by atoms with Crippen molar-refractivity contribution in [2.24, 2.45) is 0 Å². The Morgan fingerprint density at radius 1 is 1.05 bits per heavy atom. The molecule has 1 aromatic carbocycles. The van der Waals surface area contributed by atoms with Gasteiger partial charge in [-0.2, -0.15) is 23.3 Å². The number of aliphatic hydroxyl groups is 1. The molecule has 1 atom stereocenters. The highest BCUT2D eigenvalue weighted by Crippen LogP contribution is 2.44. The summed E-state index contributed by atoms with van der Waals surface area (Å²) in [6, 6.07) is 5.83. The van der Waals surface area contributed by atoms with Crippen molar-refractivity contribution in [1.82, 2.24) is 29.9 Å². The molecule has 1 aliphatic carbocycles. The third kappa shape index (κ3) is 4.65. The number of alkyl halides is 3. The zero-order chi connectivity index (χ0) is 26.4. The Balaban J connectivity index is 1.17. The quantitative estimate of drug-likeness (QED) is 0.503. The van der Waals surface area contributed by atoms with E-state index in [1.165, 1.54) is 12.1 Å². The van der Waals surface area contributed by atoms with Gasteiger partial charge in [-0.25, -0.2) is 0 Å². The van der Waals surface area contributed by atoms with Gasteiger partial charge in [-0.1, -0.05) is 18.2 Å². The topological polar surface area (TPSA) is 103 Å². The fraction of sp³-hybridized carbons (Fsp3) is 0.538. The predicted molar refractivity (Wildman–Crippen MR) is 132 cm³/mol. The fourth-order valence-electron chi connectivity index (χ4n) is 5.88. The van der Waals surface area contributed by atoms with Gasteiger partial charge in [0.15, 0.2) is 5.82 Å². The van der Waals surface area contributed by atoms with E-state index >= 15 is 0 Å². The van der Waals surface area contributed by atoms with Gasteiger partial charge in [0.1, 0.15) is 6.61 Å². The number of hydrogen-bond donors (Lipinski definition) is 2. The Hall–Kier alpha value is -3.41. The van der Waals surface area contributed by atoms with Gasteiger partial charge in [-0.3, -0.25) is 14.6 Å². The number of piperidine rings is 1. The van der Waals surface area contributed by atoms with Crippen LogP contribution in [0.2, 0.25) is 0 Å². The Kier molecular flexibility index (Phi) is 6.37. The minimum atomic E-state index is -4.42. The van der Waals surface area contributed by atoms with Crippen molar-refractivity contribution >= 4 is 11.9 Å². The molecule has 0 bridgehead atoms. The normalized spacial score (nSPS) is 20.9. The molecule has 3 aromatic rings. The van der Waals surface area contributed by atoms with Crippen LogP contribution in [-0.2, 0) is 12.8 Å². The van der Waals surface area contributed by atoms with E-state index in [1.807, 2.05) is 4.68 Å². The number of nitrogens with one attached hydrogen (secondary N) is 1. The molecule has 2 aromatic heterocycles. The second kappa shape index (κ2) is 9.72. The summed E-state index contributed by atoms with van der Waals surface area (Å²) in [5, 5.41) is 20.8. The molecule has 3 aliphatic rings. The first-order chi connectivity index (χ1) is 18.3. The molecule has 0 unspecified atom stereocenters. The first-order valence-corrected chi connectivity index (χ1v) is 13.1. The Labute approximate surface area is 217 Å². The van der Waals surface area contributed by atoms with E-state index in [2.05, 4.69) is 25.2 Å². The fourth-order valence-corrected chi connectivity index (χ4v) is 5.88. The second-order valence-electron chi connectivity index (χ2n) is 10.4. The van der Waals surface area contributed by atoms with Gasteiger partial charge in [0.2, 0.25) is 5.95 Å². The van der Waals surface area contributed by atoms with Gasteiger partial charge in [0.25, 0.3) is 5.91 Å². The molecule has 1 amide bonds. The molecule has 0 spiro atoms. The summed E-state index contributed by atoms with van der Waals surface area (Å²) in [7, 11) is 0. The highest BCUT2D eigenvalue weighted by Gasteiger charge is 2.40. The lowest BCUT2D eigenvalue weighted by Crippen LogP contribution is -2.36. The lowest BCUT2D eigenvalue weighted by atomic mass is 9.93. The van der Waals surface area contributed by atoms with E-state index in [0.29, 0.717) is 36.2 Å². The molecule has 2 N–H and O–H groups in total. The van der Waals surface area contributed by atoms with Crippen molar-refractivity contribution in [3.63, 3.8) is 0 Å². The number of aliphatic hydroxyl groups excluding tert-OH is 1. The van der Waals surface area contributed by atoms with E-state index < -0.39 is 11.7 Å². The Morgan fingerprint density at radius 2 is 1.82 bits per heavy atom. The van der Waals surface area contributed by atoms with Crippen LogP contribution in [-0.4, -0.2) is 67.1 Å². The van der Waals surface area contributed by atoms with Gasteiger partial charge in [-0.15, -0.1) is 5.10 Å². The van der Waals surface area contributed by atoms with Crippen LogP contribution in [0.15, 0.2) is 30.5 Å². The van der Waals surface area contributed by atoms with Crippen LogP contribution in [0.4, 0.5) is 19.1 Å². The zero-order valence-corrected chi connectivity index (χ0v) is 20.9. The highest BCUT2D eigenvalue weighted by molar-refractivity contribution is 5.95. The lowest BCUT2D eigenvalue weighted by molar-refractivity contribution is -0.138. The van der Waals surface area contributed by atoms with E-state index in [0.717, 1.165) is 50.5 Å². The molecule has 4 heterocycles. The number of amides is 1. The number of aromatic amines is 1. The van der Waals surface area contributed by atoms with Crippen LogP contribution in [0.25, 0.3) is 0 Å². The number of nitrogens with zero attached hydrogens (tertiary/aromatic N) is 6. The monoisotopic (exact) mass is 529 g/mol. The maximum absolute atomic E-state index is 13.6. The smallest absolute Gasteiger partial charge is 0.388 e. The van der Waals surface area contributed by atoms with Crippen molar-refractivity contribution < 1.29 is 23.1 Å². The summed E-state index contributed by atoms with van der Waals surface area (Å²) in [6.45, 7) is 1.97. The summed E-state index contributed by atoms with van der Waals surface area (Å²) < 4.78 is 42.7. The Morgan fingerprint density at radius 3 is 2.50 bits per heavy atom. The standard InChI is InChI=1S/C26H30F3N7O2/c27-26(28,29)21-4-2-1-3-19(21)17-7-10-35(14-17)24(38)20-13-30-36(23(20)16-5-6-16)18-8-11-34(12-9-18)25-31-22(15-37)32-33-25/h1-4,13,16-18,37H,5-12,14-15H2,(H,31,32,33)/t17-/m1/s1. The molecular weight excluding hydrogens is 499 g/mol. The number of halogens is 3. The number of aromatic nitrogens is 5. The molecule has 202 valence electrons. The lowest BCUT2D eigenvalue weighted by Gasteiger charge is -2.32.